The third-order valence-electron chi connectivity index (χ3n) is 3.37. The van der Waals surface area contributed by atoms with Crippen molar-refractivity contribution in [1.29, 1.82) is 0 Å². The first kappa shape index (κ1) is 13.8. The Bertz CT molecular complexity index is 765. The summed E-state index contributed by atoms with van der Waals surface area (Å²) in [6.45, 7) is 2.03. The number of hydrogen-bond acceptors (Lipinski definition) is 3. The van der Waals surface area contributed by atoms with E-state index in [9.17, 15) is 9.50 Å². The van der Waals surface area contributed by atoms with Crippen molar-refractivity contribution in [2.45, 2.75) is 13.3 Å². The number of aromatic nitrogens is 1. The van der Waals surface area contributed by atoms with Gasteiger partial charge in [0, 0.05) is 27.9 Å². The van der Waals surface area contributed by atoms with E-state index >= 15 is 0 Å². The molecule has 1 N–H and O–H groups in total. The van der Waals surface area contributed by atoms with Crippen molar-refractivity contribution < 1.29 is 9.50 Å². The average molecular weight is 299 g/mol. The Balaban J connectivity index is 1.85. The van der Waals surface area contributed by atoms with Gasteiger partial charge < -0.3 is 5.11 Å². The summed E-state index contributed by atoms with van der Waals surface area (Å²) in [6.07, 6.45) is 2.32. The molecule has 0 bridgehead atoms. The molecule has 3 rings (SSSR count). The smallest absolute Gasteiger partial charge is 0.212 e. The SMILES string of the molecule is Cc1ccc(O)cc1Cc1ccc(-c2ccc(F)nc2)s1. The highest BCUT2D eigenvalue weighted by molar-refractivity contribution is 7.15. The Morgan fingerprint density at radius 3 is 2.76 bits per heavy atom. The minimum Gasteiger partial charge on any atom is -0.508 e. The molecule has 0 aliphatic rings. The summed E-state index contributed by atoms with van der Waals surface area (Å²) in [6, 6.07) is 12.6. The number of halogens is 1. The molecule has 2 heterocycles. The van der Waals surface area contributed by atoms with E-state index < -0.39 is 5.95 Å². The van der Waals surface area contributed by atoms with Crippen LogP contribution in [0, 0.1) is 12.9 Å². The van der Waals surface area contributed by atoms with Gasteiger partial charge in [0.15, 0.2) is 0 Å². The Labute approximate surface area is 126 Å². The number of benzene rings is 1. The van der Waals surface area contributed by atoms with Crippen LogP contribution in [-0.4, -0.2) is 10.1 Å². The molecule has 0 spiro atoms. The van der Waals surface area contributed by atoms with Gasteiger partial charge in [-0.2, -0.15) is 4.39 Å². The van der Waals surface area contributed by atoms with Gasteiger partial charge in [0.05, 0.1) is 0 Å². The van der Waals surface area contributed by atoms with Gasteiger partial charge in [-0.3, -0.25) is 0 Å². The molecule has 0 fully saturated rings. The Morgan fingerprint density at radius 1 is 1.14 bits per heavy atom. The van der Waals surface area contributed by atoms with Gasteiger partial charge in [0.2, 0.25) is 5.95 Å². The zero-order chi connectivity index (χ0) is 14.8. The second-order valence-corrected chi connectivity index (χ2v) is 6.09. The van der Waals surface area contributed by atoms with Crippen molar-refractivity contribution >= 4 is 11.3 Å². The lowest BCUT2D eigenvalue weighted by Crippen LogP contribution is -1.88. The van der Waals surface area contributed by atoms with Crippen LogP contribution in [0.3, 0.4) is 0 Å². The van der Waals surface area contributed by atoms with Crippen LogP contribution in [0.15, 0.2) is 48.7 Å². The first-order valence-corrected chi connectivity index (χ1v) is 7.42. The fraction of sp³-hybridized carbons (Fsp3) is 0.118. The molecule has 3 aromatic rings. The predicted molar refractivity (Wildman–Crippen MR) is 83.2 cm³/mol. The largest absolute Gasteiger partial charge is 0.508 e. The third-order valence-corrected chi connectivity index (χ3v) is 4.51. The molecular formula is C17H14FNOS. The van der Waals surface area contributed by atoms with Crippen molar-refractivity contribution in [3.63, 3.8) is 0 Å². The topological polar surface area (TPSA) is 33.1 Å². The van der Waals surface area contributed by atoms with Crippen LogP contribution in [0.25, 0.3) is 10.4 Å². The van der Waals surface area contributed by atoms with Crippen molar-refractivity contribution in [3.8, 4) is 16.2 Å². The van der Waals surface area contributed by atoms with Gasteiger partial charge >= 0.3 is 0 Å². The summed E-state index contributed by atoms with van der Waals surface area (Å²) < 4.78 is 12.8. The van der Waals surface area contributed by atoms with Crippen LogP contribution in [0.5, 0.6) is 5.75 Å². The van der Waals surface area contributed by atoms with E-state index in [0.717, 1.165) is 28.0 Å². The van der Waals surface area contributed by atoms with Crippen LogP contribution in [0.1, 0.15) is 16.0 Å². The fourth-order valence-corrected chi connectivity index (χ4v) is 3.21. The minimum atomic E-state index is -0.467. The highest BCUT2D eigenvalue weighted by Gasteiger charge is 2.07. The number of aromatic hydroxyl groups is 1. The maximum atomic E-state index is 12.8. The molecule has 0 aliphatic carbocycles. The lowest BCUT2D eigenvalue weighted by Gasteiger charge is -2.04. The molecule has 21 heavy (non-hydrogen) atoms. The molecule has 1 aromatic carbocycles. The zero-order valence-electron chi connectivity index (χ0n) is 11.5. The zero-order valence-corrected chi connectivity index (χ0v) is 12.3. The molecule has 0 amide bonds. The molecule has 0 radical (unpaired) electrons. The maximum absolute atomic E-state index is 12.8. The molecule has 2 nitrogen and oxygen atoms in total. The molecule has 4 heteroatoms. The van der Waals surface area contributed by atoms with Crippen molar-refractivity contribution in [2.24, 2.45) is 0 Å². The quantitative estimate of drug-likeness (QED) is 0.719. The minimum absolute atomic E-state index is 0.287. The second-order valence-electron chi connectivity index (χ2n) is 4.92. The van der Waals surface area contributed by atoms with E-state index in [-0.39, 0.29) is 5.75 Å². The van der Waals surface area contributed by atoms with Gasteiger partial charge in [0.25, 0.3) is 0 Å². The van der Waals surface area contributed by atoms with Gasteiger partial charge in [0.1, 0.15) is 5.75 Å². The maximum Gasteiger partial charge on any atom is 0.212 e. The number of rotatable bonds is 3. The summed E-state index contributed by atoms with van der Waals surface area (Å²) >= 11 is 1.66. The first-order chi connectivity index (χ1) is 10.1. The van der Waals surface area contributed by atoms with E-state index in [1.807, 2.05) is 19.1 Å². The normalized spacial score (nSPS) is 10.8. The van der Waals surface area contributed by atoms with E-state index in [2.05, 4.69) is 11.1 Å². The molecule has 0 saturated heterocycles. The summed E-state index contributed by atoms with van der Waals surface area (Å²) in [4.78, 5) is 5.94. The number of pyridine rings is 1. The average Bonchev–Trinajstić information content (AvgIpc) is 2.92. The molecule has 2 aromatic heterocycles. The Morgan fingerprint density at radius 2 is 2.00 bits per heavy atom. The van der Waals surface area contributed by atoms with E-state index in [1.54, 1.807) is 35.7 Å². The Kier molecular flexibility index (Phi) is 3.71. The summed E-state index contributed by atoms with van der Waals surface area (Å²) in [5.41, 5.74) is 3.19. The van der Waals surface area contributed by atoms with Gasteiger partial charge in [-0.15, -0.1) is 11.3 Å². The number of phenols is 1. The number of hydrogen-bond donors (Lipinski definition) is 1. The molecule has 106 valence electrons. The van der Waals surface area contributed by atoms with Crippen LogP contribution in [0.4, 0.5) is 4.39 Å². The monoisotopic (exact) mass is 299 g/mol. The van der Waals surface area contributed by atoms with Crippen LogP contribution >= 0.6 is 11.3 Å². The number of aryl methyl sites for hydroxylation is 1. The first-order valence-electron chi connectivity index (χ1n) is 6.61. The van der Waals surface area contributed by atoms with Crippen LogP contribution in [0.2, 0.25) is 0 Å². The second kappa shape index (κ2) is 5.66. The highest BCUT2D eigenvalue weighted by atomic mass is 32.1. The number of thiophene rings is 1. The fourth-order valence-electron chi connectivity index (χ4n) is 2.19. The molecule has 0 aliphatic heterocycles. The van der Waals surface area contributed by atoms with E-state index in [0.29, 0.717) is 0 Å². The highest BCUT2D eigenvalue weighted by Crippen LogP contribution is 2.30. The van der Waals surface area contributed by atoms with Crippen molar-refractivity contribution in [1.82, 2.24) is 4.98 Å². The van der Waals surface area contributed by atoms with Crippen molar-refractivity contribution in [3.05, 3.63) is 70.6 Å². The third kappa shape index (κ3) is 3.11. The summed E-state index contributed by atoms with van der Waals surface area (Å²) in [5.74, 6) is -0.180. The summed E-state index contributed by atoms with van der Waals surface area (Å²) in [7, 11) is 0. The molecule has 0 unspecified atom stereocenters. The molecule has 0 atom stereocenters. The van der Waals surface area contributed by atoms with Crippen LogP contribution in [-0.2, 0) is 6.42 Å². The lowest BCUT2D eigenvalue weighted by molar-refractivity contribution is 0.474. The van der Waals surface area contributed by atoms with Gasteiger partial charge in [-0.25, -0.2) is 4.98 Å². The van der Waals surface area contributed by atoms with E-state index in [4.69, 9.17) is 0 Å². The van der Waals surface area contributed by atoms with Gasteiger partial charge in [-0.1, -0.05) is 6.07 Å². The molecule has 0 saturated carbocycles. The number of nitrogens with zero attached hydrogens (tertiary/aromatic N) is 1. The number of phenolic OH excluding ortho intramolecular Hbond substituents is 1. The predicted octanol–water partition coefficient (Wildman–Crippen LogP) is 4.55. The summed E-state index contributed by atoms with van der Waals surface area (Å²) in [5, 5.41) is 9.58. The standard InChI is InChI=1S/C17H14FNOS/c1-11-2-4-14(20)8-13(11)9-15-5-6-16(21-15)12-3-7-17(18)19-10-12/h2-8,10,20H,9H2,1H3. The Hall–Kier alpha value is -2.20. The molecular weight excluding hydrogens is 285 g/mol. The lowest BCUT2D eigenvalue weighted by atomic mass is 10.0. The van der Waals surface area contributed by atoms with Crippen LogP contribution < -0.4 is 0 Å². The van der Waals surface area contributed by atoms with Crippen molar-refractivity contribution in [2.75, 3.05) is 0 Å². The van der Waals surface area contributed by atoms with E-state index in [1.165, 1.54) is 10.9 Å². The van der Waals surface area contributed by atoms with Gasteiger partial charge in [-0.05, 0) is 54.4 Å².